The topological polar surface area (TPSA) is 30.7 Å². The Morgan fingerprint density at radius 1 is 1.27 bits per heavy atom. The van der Waals surface area contributed by atoms with E-state index in [0.29, 0.717) is 11.3 Å². The highest BCUT2D eigenvalue weighted by molar-refractivity contribution is 7.98. The first-order valence-corrected chi connectivity index (χ1v) is 6.35. The highest BCUT2D eigenvalue weighted by Crippen LogP contribution is 2.29. The molecule has 2 aromatic rings. The molecule has 1 unspecified atom stereocenters. The van der Waals surface area contributed by atoms with Gasteiger partial charge in [-0.05, 0) is 24.3 Å². The lowest BCUT2D eigenvalue weighted by Crippen LogP contribution is -2.12. The maximum Gasteiger partial charge on any atom is 0.113 e. The van der Waals surface area contributed by atoms with Gasteiger partial charge in [0.25, 0.3) is 0 Å². The molecule has 0 saturated heterocycles. The molecule has 0 amide bonds. The molecule has 15 heavy (non-hydrogen) atoms. The van der Waals surface area contributed by atoms with Crippen molar-refractivity contribution in [1.29, 1.82) is 0 Å². The number of fused-ring (bicyclic) bond motifs is 1. The van der Waals surface area contributed by atoms with Crippen LogP contribution in [-0.4, -0.2) is 21.2 Å². The van der Waals surface area contributed by atoms with Gasteiger partial charge in [0.2, 0.25) is 0 Å². The van der Waals surface area contributed by atoms with Gasteiger partial charge in [0, 0.05) is 0 Å². The largest absolute Gasteiger partial charge is 0.231 e. The molecule has 0 aliphatic rings. The van der Waals surface area contributed by atoms with Crippen molar-refractivity contribution in [2.75, 3.05) is 6.26 Å². The van der Waals surface area contributed by atoms with Crippen molar-refractivity contribution in [3.8, 4) is 0 Å². The van der Waals surface area contributed by atoms with Crippen LogP contribution < -0.4 is 0 Å². The second-order valence-electron chi connectivity index (χ2n) is 3.89. The number of nitrogens with zero attached hydrogens (tertiary/aromatic N) is 3. The molecule has 1 aromatic carbocycles. The summed E-state index contributed by atoms with van der Waals surface area (Å²) in [7, 11) is 0. The summed E-state index contributed by atoms with van der Waals surface area (Å²) >= 11 is 1.81. The first-order chi connectivity index (χ1) is 7.24. The van der Waals surface area contributed by atoms with Gasteiger partial charge < -0.3 is 0 Å². The molecule has 0 N–H and O–H groups in total. The average Bonchev–Trinajstić information content (AvgIpc) is 2.63. The van der Waals surface area contributed by atoms with Crippen LogP contribution in [0, 0.1) is 5.92 Å². The van der Waals surface area contributed by atoms with Crippen molar-refractivity contribution >= 4 is 22.8 Å². The van der Waals surface area contributed by atoms with Crippen molar-refractivity contribution in [2.24, 2.45) is 5.92 Å². The second-order valence-corrected chi connectivity index (χ2v) is 4.85. The van der Waals surface area contributed by atoms with Crippen molar-refractivity contribution in [3.63, 3.8) is 0 Å². The smallest absolute Gasteiger partial charge is 0.113 e. The van der Waals surface area contributed by atoms with E-state index in [1.807, 2.05) is 34.6 Å². The van der Waals surface area contributed by atoms with Crippen molar-refractivity contribution in [2.45, 2.75) is 19.2 Å². The summed E-state index contributed by atoms with van der Waals surface area (Å²) < 4.78 is 2.02. The van der Waals surface area contributed by atoms with Crippen molar-refractivity contribution in [1.82, 2.24) is 15.0 Å². The number of aromatic nitrogens is 3. The summed E-state index contributed by atoms with van der Waals surface area (Å²) in [6.07, 6.45) is 2.11. The molecule has 0 fully saturated rings. The van der Waals surface area contributed by atoms with Crippen LogP contribution >= 0.6 is 11.8 Å². The van der Waals surface area contributed by atoms with Crippen LogP contribution in [-0.2, 0) is 0 Å². The Kier molecular flexibility index (Phi) is 2.95. The third-order valence-corrected chi connectivity index (χ3v) is 3.66. The normalized spacial score (nSPS) is 13.6. The van der Waals surface area contributed by atoms with Crippen LogP contribution in [0.2, 0.25) is 0 Å². The molecule has 0 aliphatic carbocycles. The number of para-hydroxylation sites is 1. The zero-order valence-electron chi connectivity index (χ0n) is 9.21. The van der Waals surface area contributed by atoms with E-state index < -0.39 is 0 Å². The molecule has 0 bridgehead atoms. The van der Waals surface area contributed by atoms with Crippen LogP contribution in [0.25, 0.3) is 11.0 Å². The summed E-state index contributed by atoms with van der Waals surface area (Å²) in [5.74, 6) is 0.546. The Morgan fingerprint density at radius 2 is 2.00 bits per heavy atom. The van der Waals surface area contributed by atoms with E-state index in [0.717, 1.165) is 11.0 Å². The zero-order chi connectivity index (χ0) is 10.8. The first-order valence-electron chi connectivity index (χ1n) is 5.06. The third kappa shape index (κ3) is 1.86. The van der Waals surface area contributed by atoms with Gasteiger partial charge in [-0.15, -0.1) is 16.9 Å². The van der Waals surface area contributed by atoms with E-state index in [9.17, 15) is 0 Å². The summed E-state index contributed by atoms with van der Waals surface area (Å²) in [4.78, 5) is 0. The van der Waals surface area contributed by atoms with Gasteiger partial charge in [-0.3, -0.25) is 0 Å². The molecule has 0 aliphatic heterocycles. The fourth-order valence-corrected chi connectivity index (χ4v) is 2.63. The van der Waals surface area contributed by atoms with Gasteiger partial charge in [-0.2, -0.15) is 0 Å². The van der Waals surface area contributed by atoms with Crippen LogP contribution in [0.4, 0.5) is 0 Å². The molecule has 1 heterocycles. The maximum atomic E-state index is 4.23. The Bertz CT molecular complexity index is 450. The predicted molar refractivity (Wildman–Crippen MR) is 64.9 cm³/mol. The molecular formula is C11H15N3S. The molecule has 3 nitrogen and oxygen atoms in total. The molecule has 1 atom stereocenters. The molecule has 0 spiro atoms. The summed E-state index contributed by atoms with van der Waals surface area (Å²) in [5.41, 5.74) is 2.09. The number of benzene rings is 1. The Morgan fingerprint density at radius 3 is 2.67 bits per heavy atom. The number of hydrogen-bond donors (Lipinski definition) is 0. The van der Waals surface area contributed by atoms with E-state index in [2.05, 4.69) is 36.5 Å². The number of hydrogen-bond acceptors (Lipinski definition) is 3. The molecule has 0 radical (unpaired) electrons. The van der Waals surface area contributed by atoms with Crippen LogP contribution in [0.5, 0.6) is 0 Å². The minimum Gasteiger partial charge on any atom is -0.231 e. The molecule has 4 heteroatoms. The summed E-state index contributed by atoms with van der Waals surface area (Å²) in [6, 6.07) is 8.09. The zero-order valence-corrected chi connectivity index (χ0v) is 10.0. The van der Waals surface area contributed by atoms with E-state index >= 15 is 0 Å². The minimum atomic E-state index is 0.359. The monoisotopic (exact) mass is 221 g/mol. The van der Waals surface area contributed by atoms with Gasteiger partial charge in [0.1, 0.15) is 10.9 Å². The van der Waals surface area contributed by atoms with E-state index in [4.69, 9.17) is 0 Å². The molecular weight excluding hydrogens is 206 g/mol. The van der Waals surface area contributed by atoms with Gasteiger partial charge in [0.05, 0.1) is 5.52 Å². The van der Waals surface area contributed by atoms with E-state index in [1.165, 1.54) is 0 Å². The Balaban J connectivity index is 2.51. The Hall–Kier alpha value is -1.03. The highest BCUT2D eigenvalue weighted by Gasteiger charge is 2.17. The van der Waals surface area contributed by atoms with E-state index in [-0.39, 0.29) is 0 Å². The fraction of sp³-hybridized carbons (Fsp3) is 0.455. The third-order valence-electron chi connectivity index (χ3n) is 2.43. The summed E-state index contributed by atoms with van der Waals surface area (Å²) in [5, 5.41) is 8.76. The van der Waals surface area contributed by atoms with E-state index in [1.54, 1.807) is 0 Å². The molecule has 1 aromatic heterocycles. The Labute approximate surface area is 93.9 Å². The second kappa shape index (κ2) is 4.23. The van der Waals surface area contributed by atoms with Crippen LogP contribution in [0.3, 0.4) is 0 Å². The highest BCUT2D eigenvalue weighted by atomic mass is 32.2. The lowest BCUT2D eigenvalue weighted by atomic mass is 10.2. The molecule has 0 saturated carbocycles. The molecule has 2 rings (SSSR count). The predicted octanol–water partition coefficient (Wildman–Crippen LogP) is 2.95. The fourth-order valence-electron chi connectivity index (χ4n) is 1.73. The minimum absolute atomic E-state index is 0.359. The van der Waals surface area contributed by atoms with Gasteiger partial charge in [0.15, 0.2) is 0 Å². The number of thioether (sulfide) groups is 1. The maximum absolute atomic E-state index is 4.23. The van der Waals surface area contributed by atoms with Gasteiger partial charge in [-0.1, -0.05) is 31.2 Å². The SMILES string of the molecule is CSC(C(C)C)n1nnc2ccccc21. The lowest BCUT2D eigenvalue weighted by molar-refractivity contribution is 0.469. The van der Waals surface area contributed by atoms with Crippen LogP contribution in [0.1, 0.15) is 19.2 Å². The van der Waals surface area contributed by atoms with Crippen molar-refractivity contribution in [3.05, 3.63) is 24.3 Å². The van der Waals surface area contributed by atoms with Gasteiger partial charge >= 0.3 is 0 Å². The summed E-state index contributed by atoms with van der Waals surface area (Å²) in [6.45, 7) is 4.41. The van der Waals surface area contributed by atoms with Crippen molar-refractivity contribution < 1.29 is 0 Å². The standard InChI is InChI=1S/C11H15N3S/c1-8(2)11(15-3)14-10-7-5-4-6-9(10)12-13-14/h4-8,11H,1-3H3. The first kappa shape index (κ1) is 10.5. The number of rotatable bonds is 3. The van der Waals surface area contributed by atoms with Gasteiger partial charge in [-0.25, -0.2) is 4.68 Å². The quantitative estimate of drug-likeness (QED) is 0.798. The average molecular weight is 221 g/mol. The lowest BCUT2D eigenvalue weighted by Gasteiger charge is -2.18. The molecule has 80 valence electrons. The van der Waals surface area contributed by atoms with Crippen LogP contribution in [0.15, 0.2) is 24.3 Å².